The van der Waals surface area contributed by atoms with Crippen LogP contribution in [0.15, 0.2) is 54.7 Å². The summed E-state index contributed by atoms with van der Waals surface area (Å²) in [6, 6.07) is 16.5. The Hall–Kier alpha value is -2.92. The third kappa shape index (κ3) is 4.74. The molecule has 1 heterocycles. The molecule has 5 heteroatoms. The van der Waals surface area contributed by atoms with Crippen molar-refractivity contribution in [1.29, 1.82) is 0 Å². The summed E-state index contributed by atoms with van der Waals surface area (Å²) in [6.45, 7) is 6.74. The van der Waals surface area contributed by atoms with E-state index < -0.39 is 0 Å². The number of benzene rings is 2. The summed E-state index contributed by atoms with van der Waals surface area (Å²) < 4.78 is 1.93. The van der Waals surface area contributed by atoms with Crippen LogP contribution in [0, 0.1) is 13.8 Å². The molecule has 0 aliphatic rings. The minimum Gasteiger partial charge on any atom is -0.347 e. The SMILES string of the molecule is Cc1ccc(-n2cc(CN(C)[C@H](C)C(=O)N(C)C)c(-c3cccc(C)c3)n2)cc1. The molecule has 0 aliphatic heterocycles. The van der Waals surface area contributed by atoms with Crippen LogP contribution in [-0.4, -0.2) is 52.7 Å². The molecule has 0 saturated heterocycles. The molecule has 0 saturated carbocycles. The number of carbonyl (C=O) groups excluding carboxylic acids is 1. The first-order chi connectivity index (χ1) is 13.8. The van der Waals surface area contributed by atoms with Gasteiger partial charge in [0.15, 0.2) is 0 Å². The summed E-state index contributed by atoms with van der Waals surface area (Å²) in [6.07, 6.45) is 2.08. The van der Waals surface area contributed by atoms with Crippen LogP contribution >= 0.6 is 0 Å². The van der Waals surface area contributed by atoms with Crippen molar-refractivity contribution in [3.8, 4) is 16.9 Å². The van der Waals surface area contributed by atoms with Gasteiger partial charge in [-0.1, -0.05) is 41.5 Å². The quantitative estimate of drug-likeness (QED) is 0.637. The van der Waals surface area contributed by atoms with E-state index in [9.17, 15) is 4.79 Å². The van der Waals surface area contributed by atoms with E-state index in [1.54, 1.807) is 19.0 Å². The Labute approximate surface area is 173 Å². The second-order valence-electron chi connectivity index (χ2n) is 7.98. The van der Waals surface area contributed by atoms with Gasteiger partial charge in [-0.15, -0.1) is 0 Å². The van der Waals surface area contributed by atoms with E-state index in [4.69, 9.17) is 5.10 Å². The van der Waals surface area contributed by atoms with Crippen LogP contribution in [0.5, 0.6) is 0 Å². The maximum absolute atomic E-state index is 12.4. The van der Waals surface area contributed by atoms with Crippen molar-refractivity contribution < 1.29 is 4.79 Å². The molecule has 1 atom stereocenters. The van der Waals surface area contributed by atoms with Crippen LogP contribution in [-0.2, 0) is 11.3 Å². The summed E-state index contributed by atoms with van der Waals surface area (Å²) in [5, 5.41) is 4.91. The van der Waals surface area contributed by atoms with Crippen molar-refractivity contribution in [1.82, 2.24) is 19.6 Å². The zero-order chi connectivity index (χ0) is 21.1. The maximum Gasteiger partial charge on any atom is 0.239 e. The van der Waals surface area contributed by atoms with Crippen molar-refractivity contribution in [3.05, 3.63) is 71.4 Å². The first kappa shape index (κ1) is 20.8. The zero-order valence-corrected chi connectivity index (χ0v) is 18.2. The number of hydrogen-bond acceptors (Lipinski definition) is 3. The van der Waals surface area contributed by atoms with Gasteiger partial charge in [-0.25, -0.2) is 4.68 Å². The minimum absolute atomic E-state index is 0.0931. The minimum atomic E-state index is -0.210. The van der Waals surface area contributed by atoms with Crippen molar-refractivity contribution in [2.45, 2.75) is 33.4 Å². The normalized spacial score (nSPS) is 12.2. The fourth-order valence-electron chi connectivity index (χ4n) is 3.36. The Kier molecular flexibility index (Phi) is 6.18. The van der Waals surface area contributed by atoms with E-state index in [1.165, 1.54) is 11.1 Å². The lowest BCUT2D eigenvalue weighted by molar-refractivity contribution is -0.133. The predicted octanol–water partition coefficient (Wildman–Crippen LogP) is 4.06. The van der Waals surface area contributed by atoms with E-state index >= 15 is 0 Å². The summed E-state index contributed by atoms with van der Waals surface area (Å²) in [7, 11) is 5.57. The van der Waals surface area contributed by atoms with Gasteiger partial charge in [-0.2, -0.15) is 5.10 Å². The lowest BCUT2D eigenvalue weighted by atomic mass is 10.1. The monoisotopic (exact) mass is 390 g/mol. The van der Waals surface area contributed by atoms with Crippen LogP contribution in [0.3, 0.4) is 0 Å². The molecule has 0 bridgehead atoms. The highest BCUT2D eigenvalue weighted by Crippen LogP contribution is 2.26. The highest BCUT2D eigenvalue weighted by Gasteiger charge is 2.22. The number of hydrogen-bond donors (Lipinski definition) is 0. The van der Waals surface area contributed by atoms with Crippen LogP contribution in [0.25, 0.3) is 16.9 Å². The Balaban J connectivity index is 1.99. The Morgan fingerprint density at radius 2 is 1.72 bits per heavy atom. The number of likely N-dealkylation sites (N-methyl/N-ethyl adjacent to an activating group) is 2. The topological polar surface area (TPSA) is 41.4 Å². The van der Waals surface area contributed by atoms with Gasteiger partial charge in [0.25, 0.3) is 0 Å². The van der Waals surface area contributed by atoms with Gasteiger partial charge in [0, 0.05) is 38.0 Å². The predicted molar refractivity (Wildman–Crippen MR) is 118 cm³/mol. The second-order valence-corrected chi connectivity index (χ2v) is 7.98. The first-order valence-corrected chi connectivity index (χ1v) is 9.90. The summed E-state index contributed by atoms with van der Waals surface area (Å²) >= 11 is 0. The van der Waals surface area contributed by atoms with Gasteiger partial charge >= 0.3 is 0 Å². The van der Waals surface area contributed by atoms with Crippen LogP contribution in [0.4, 0.5) is 0 Å². The number of nitrogens with zero attached hydrogens (tertiary/aromatic N) is 4. The number of amides is 1. The average molecular weight is 391 g/mol. The Morgan fingerprint density at radius 3 is 2.34 bits per heavy atom. The standard InChI is InChI=1S/C24H30N4O/c1-17-10-12-22(13-11-17)28-16-21(15-27(6)19(3)24(29)26(4)5)23(25-28)20-9-7-8-18(2)14-20/h7-14,16,19H,15H2,1-6H3/t19-/m1/s1. The van der Waals surface area contributed by atoms with Crippen molar-refractivity contribution in [3.63, 3.8) is 0 Å². The van der Waals surface area contributed by atoms with Crippen molar-refractivity contribution in [2.24, 2.45) is 0 Å². The third-order valence-electron chi connectivity index (χ3n) is 5.26. The van der Waals surface area contributed by atoms with Gasteiger partial charge in [0.1, 0.15) is 0 Å². The molecule has 0 aliphatic carbocycles. The van der Waals surface area contributed by atoms with Crippen molar-refractivity contribution in [2.75, 3.05) is 21.1 Å². The van der Waals surface area contributed by atoms with E-state index in [0.717, 1.165) is 22.5 Å². The molecule has 0 N–H and O–H groups in total. The first-order valence-electron chi connectivity index (χ1n) is 9.90. The van der Waals surface area contributed by atoms with E-state index in [-0.39, 0.29) is 11.9 Å². The molecule has 152 valence electrons. The van der Waals surface area contributed by atoms with Gasteiger partial charge in [-0.3, -0.25) is 9.69 Å². The fourth-order valence-corrected chi connectivity index (χ4v) is 3.36. The van der Waals surface area contributed by atoms with Crippen LogP contribution < -0.4 is 0 Å². The molecule has 29 heavy (non-hydrogen) atoms. The number of aromatic nitrogens is 2. The van der Waals surface area contributed by atoms with Crippen LogP contribution in [0.2, 0.25) is 0 Å². The number of carbonyl (C=O) groups is 1. The molecule has 0 unspecified atom stereocenters. The molecule has 0 radical (unpaired) electrons. The second kappa shape index (κ2) is 8.62. The Morgan fingerprint density at radius 1 is 1.03 bits per heavy atom. The van der Waals surface area contributed by atoms with Crippen LogP contribution in [0.1, 0.15) is 23.6 Å². The highest BCUT2D eigenvalue weighted by molar-refractivity contribution is 5.81. The molecule has 3 aromatic rings. The molecule has 3 rings (SSSR count). The molecule has 1 amide bonds. The maximum atomic E-state index is 12.4. The Bertz CT molecular complexity index is 988. The lowest BCUT2D eigenvalue weighted by Gasteiger charge is -2.26. The highest BCUT2D eigenvalue weighted by atomic mass is 16.2. The van der Waals surface area contributed by atoms with E-state index in [2.05, 4.69) is 73.5 Å². The lowest BCUT2D eigenvalue weighted by Crippen LogP contribution is -2.42. The molecule has 2 aromatic carbocycles. The van der Waals surface area contributed by atoms with Gasteiger partial charge in [0.05, 0.1) is 17.4 Å². The third-order valence-corrected chi connectivity index (χ3v) is 5.26. The number of rotatable bonds is 6. The van der Waals surface area contributed by atoms with E-state index in [1.807, 2.05) is 18.7 Å². The van der Waals surface area contributed by atoms with Gasteiger partial charge in [-0.05, 0) is 46.0 Å². The molecular weight excluding hydrogens is 360 g/mol. The molecule has 0 fully saturated rings. The smallest absolute Gasteiger partial charge is 0.239 e. The fraction of sp³-hybridized carbons (Fsp3) is 0.333. The molecule has 5 nitrogen and oxygen atoms in total. The number of aryl methyl sites for hydroxylation is 2. The summed E-state index contributed by atoms with van der Waals surface area (Å²) in [5.41, 5.74) is 6.57. The summed E-state index contributed by atoms with van der Waals surface area (Å²) in [4.78, 5) is 16.1. The summed E-state index contributed by atoms with van der Waals surface area (Å²) in [5.74, 6) is 0.0931. The van der Waals surface area contributed by atoms with Gasteiger partial charge < -0.3 is 4.90 Å². The van der Waals surface area contributed by atoms with Gasteiger partial charge in [0.2, 0.25) is 5.91 Å². The zero-order valence-electron chi connectivity index (χ0n) is 18.2. The molecular formula is C24H30N4O. The molecule has 1 aromatic heterocycles. The average Bonchev–Trinajstić information content (AvgIpc) is 3.11. The molecule has 0 spiro atoms. The van der Waals surface area contributed by atoms with E-state index in [0.29, 0.717) is 6.54 Å². The largest absolute Gasteiger partial charge is 0.347 e. The van der Waals surface area contributed by atoms with Crippen molar-refractivity contribution >= 4 is 5.91 Å².